The van der Waals surface area contributed by atoms with E-state index < -0.39 is 77.9 Å². The summed E-state index contributed by atoms with van der Waals surface area (Å²) >= 11 is 2.17. The molecule has 0 aliphatic heterocycles. The lowest BCUT2D eigenvalue weighted by Crippen LogP contribution is -2.15. The second kappa shape index (κ2) is 49.6. The molecule has 0 aromatic heterocycles. The number of aliphatic carboxylic acids is 1. The summed E-state index contributed by atoms with van der Waals surface area (Å²) in [4.78, 5) is 44.5. The summed E-state index contributed by atoms with van der Waals surface area (Å²) in [5, 5.41) is 28.0. The molecule has 0 spiro atoms. The zero-order valence-electron chi connectivity index (χ0n) is 72.1. The number of aliphatic hydroxyl groups excluding tert-OH is 1. The highest BCUT2D eigenvalue weighted by Gasteiger charge is 2.20. The Balaban J connectivity index is 0.000000199. The van der Waals surface area contributed by atoms with Gasteiger partial charge in [0.2, 0.25) is 0 Å². The Morgan fingerprint density at radius 3 is 0.791 bits per heavy atom. The topological polar surface area (TPSA) is 456 Å². The van der Waals surface area contributed by atoms with Crippen molar-refractivity contribution in [2.45, 2.75) is 70.9 Å². The fraction of sp³-hybridized carbons (Fsp3) is 0.0707. The van der Waals surface area contributed by atoms with Gasteiger partial charge in [-0.05, 0) is 301 Å². The SMILES string of the molecule is Cc1ccc(S(=O)(=O)Nc2ccc(C#CC(=O)NO)cc2)cc1.Cc1ccc(S(=O)(=O)Nc2ccc(C#CC(=O)Nc3ccccc3N)cc2)cc1.Cc1ccc(S(=O)(=O)Nc2ccc(C#CC(=O)O)cc2)cc1.Cc1ccc(S(=O)(=O)Nc2ccc(C#CC=O)cc2)cc1.Cc1ccc(S(=O)(=O)Nc2ccc(C#CCO)cc2)cc1.Cc1ccc(S(=O)(=O)Nc2ccc(I)cc2)cc1. The number of hydrogen-bond donors (Lipinski definition) is 12. The quantitative estimate of drug-likeness (QED) is 0.00893. The molecule has 28 nitrogen and oxygen atoms in total. The molecular weight excluding hydrogens is 1940 g/mol. The van der Waals surface area contributed by atoms with Crippen LogP contribution in [0.5, 0.6) is 0 Å². The van der Waals surface area contributed by atoms with Crippen molar-refractivity contribution in [3.05, 3.63) is 380 Å². The van der Waals surface area contributed by atoms with Crippen LogP contribution in [0.15, 0.2) is 345 Å². The molecule has 684 valence electrons. The molecule has 13 aromatic rings. The van der Waals surface area contributed by atoms with Crippen LogP contribution in [0.25, 0.3) is 0 Å². The van der Waals surface area contributed by atoms with Gasteiger partial charge in [-0.15, -0.1) is 0 Å². The normalized spacial score (nSPS) is 10.5. The first-order chi connectivity index (χ1) is 63.6. The number of anilines is 8. The molecule has 0 bridgehead atoms. The number of aldehydes is 1. The summed E-state index contributed by atoms with van der Waals surface area (Å²) in [5.74, 6) is 22.0. The van der Waals surface area contributed by atoms with E-state index in [2.05, 4.69) is 110 Å². The Morgan fingerprint density at radius 1 is 0.321 bits per heavy atom. The predicted octanol–water partition coefficient (Wildman–Crippen LogP) is 15.1. The number of carboxylic acids is 1. The molecule has 0 aliphatic rings. The monoisotopic (exact) mass is 2020 g/mol. The zero-order chi connectivity index (χ0) is 97.7. The number of benzene rings is 13. The third kappa shape index (κ3) is 35.2. The van der Waals surface area contributed by atoms with Crippen molar-refractivity contribution < 1.29 is 85.1 Å². The minimum atomic E-state index is -3.67. The van der Waals surface area contributed by atoms with Crippen molar-refractivity contribution in [1.82, 2.24) is 5.48 Å². The Morgan fingerprint density at radius 2 is 0.552 bits per heavy atom. The van der Waals surface area contributed by atoms with Gasteiger partial charge in [-0.2, -0.15) is 0 Å². The molecule has 2 amide bonds. The zero-order valence-corrected chi connectivity index (χ0v) is 79.1. The number of carbonyl (C=O) groups is 4. The number of amides is 2. The number of carbonyl (C=O) groups excluding carboxylic acids is 3. The van der Waals surface area contributed by atoms with E-state index in [-0.39, 0.29) is 36.0 Å². The number of nitrogens with one attached hydrogen (secondary N) is 8. The van der Waals surface area contributed by atoms with E-state index in [1.54, 1.807) is 255 Å². The van der Waals surface area contributed by atoms with Gasteiger partial charge in [-0.3, -0.25) is 47.9 Å². The van der Waals surface area contributed by atoms with Gasteiger partial charge in [0, 0.05) is 83.3 Å². The number of aliphatic hydroxyl groups is 1. The smallest absolute Gasteiger partial charge is 0.382 e. The van der Waals surface area contributed by atoms with Crippen LogP contribution >= 0.6 is 22.6 Å². The molecular formula is C99H86IN9O19S6. The number of aryl methyl sites for hydroxylation is 6. The number of hydrogen-bond acceptors (Lipinski definition) is 19. The molecule has 0 saturated carbocycles. The van der Waals surface area contributed by atoms with Gasteiger partial charge in [-0.25, -0.2) is 60.8 Å². The molecule has 13 rings (SSSR count). The van der Waals surface area contributed by atoms with Crippen molar-refractivity contribution in [2.24, 2.45) is 0 Å². The van der Waals surface area contributed by atoms with Crippen LogP contribution in [0, 0.1) is 104 Å². The number of sulfonamides is 6. The summed E-state index contributed by atoms with van der Waals surface area (Å²) in [6.45, 7) is 11.1. The van der Waals surface area contributed by atoms with Crippen molar-refractivity contribution in [3.63, 3.8) is 0 Å². The number of rotatable bonds is 19. The Kier molecular flexibility index (Phi) is 38.5. The summed E-state index contributed by atoms with van der Waals surface area (Å²) < 4.78 is 163. The van der Waals surface area contributed by atoms with E-state index in [0.717, 1.165) is 37.0 Å². The maximum atomic E-state index is 12.4. The molecule has 35 heteroatoms. The maximum absolute atomic E-state index is 12.4. The standard InChI is InChI=1S/C22H19N3O3S.C16H14N2O4S.C16H13NO4S.C16H15NO3S.C16H13NO3S.C13H12INO2S/c1-16-6-13-19(14-7-16)29(27,28)25-18-11-8-17(9-12-18)10-15-22(26)24-21-5-3-2-4-20(21)23;1-12-2-9-15(10-3-12)23(21,22)18-14-7-4-13(5-8-14)6-11-16(19)17-20;1-12-2-9-15(10-3-12)22(20,21)17-14-7-4-13(5-8-14)6-11-16(18)19;2*1-13-4-10-16(11-5-13)21(19,20)17-15-8-6-14(7-9-15)3-2-12-18;1-10-2-8-13(9-3-10)18(16,17)15-12-6-4-11(14)5-7-12/h2-9,11-14,25H,23H2,1H3,(H,24,26);2-5,7-10,18,20H,1H3,(H,17,19);2-5,7-10,17H,1H3,(H,18,19);4-11,17-18H,12H2,1H3;4-12,17H,1H3;2-9,15H,1H3. The number of halogens is 1. The van der Waals surface area contributed by atoms with E-state index >= 15 is 0 Å². The number of carboxylic acid groups (broad SMARTS) is 1. The van der Waals surface area contributed by atoms with Crippen LogP contribution in [0.2, 0.25) is 0 Å². The first kappa shape index (κ1) is 104. The number of para-hydroxylation sites is 2. The minimum Gasteiger partial charge on any atom is -0.472 e. The van der Waals surface area contributed by atoms with Crippen LogP contribution in [-0.4, -0.2) is 96.6 Å². The van der Waals surface area contributed by atoms with Crippen molar-refractivity contribution in [3.8, 4) is 59.2 Å². The molecule has 0 radical (unpaired) electrons. The molecule has 13 aromatic carbocycles. The van der Waals surface area contributed by atoms with Gasteiger partial charge < -0.3 is 21.3 Å². The number of hydroxylamine groups is 1. The lowest BCUT2D eigenvalue weighted by atomic mass is 10.2. The Bertz CT molecular complexity index is 7390. The third-order valence-electron chi connectivity index (χ3n) is 17.6. The number of nitrogen functional groups attached to an aromatic ring is 1. The van der Waals surface area contributed by atoms with E-state index in [1.165, 1.54) is 54.0 Å². The summed E-state index contributed by atoms with van der Waals surface area (Å²) in [6.07, 6.45) is 0.508. The maximum Gasteiger partial charge on any atom is 0.382 e. The molecule has 0 atom stereocenters. The van der Waals surface area contributed by atoms with Crippen LogP contribution in [0.3, 0.4) is 0 Å². The third-order valence-corrected chi connectivity index (χ3v) is 26.7. The van der Waals surface area contributed by atoms with Gasteiger partial charge in [-0.1, -0.05) is 154 Å². The second-order valence-corrected chi connectivity index (χ2v) is 39.6. The second-order valence-electron chi connectivity index (χ2n) is 28.3. The summed E-state index contributed by atoms with van der Waals surface area (Å²) in [7, 11) is -21.7. The largest absolute Gasteiger partial charge is 0.472 e. The van der Waals surface area contributed by atoms with Gasteiger partial charge in [0.1, 0.15) is 6.61 Å². The van der Waals surface area contributed by atoms with Crippen molar-refractivity contribution in [2.75, 3.05) is 46.0 Å². The lowest BCUT2D eigenvalue weighted by molar-refractivity contribution is -0.130. The lowest BCUT2D eigenvalue weighted by Gasteiger charge is -2.08. The molecule has 0 fully saturated rings. The van der Waals surface area contributed by atoms with E-state index in [9.17, 15) is 69.7 Å². The fourth-order valence-electron chi connectivity index (χ4n) is 10.6. The van der Waals surface area contributed by atoms with E-state index in [4.69, 9.17) is 21.2 Å². The molecule has 0 aliphatic carbocycles. The van der Waals surface area contributed by atoms with Crippen LogP contribution in [0.4, 0.5) is 45.5 Å². The van der Waals surface area contributed by atoms with Crippen molar-refractivity contribution in [1.29, 1.82) is 0 Å². The van der Waals surface area contributed by atoms with E-state index in [0.29, 0.717) is 79.6 Å². The molecule has 0 heterocycles. The average molecular weight is 2030 g/mol. The molecule has 134 heavy (non-hydrogen) atoms. The summed E-state index contributed by atoms with van der Waals surface area (Å²) in [6, 6.07) is 85.6. The predicted molar refractivity (Wildman–Crippen MR) is 528 cm³/mol. The minimum absolute atomic E-state index is 0.173. The average Bonchev–Trinajstić information content (AvgIpc) is 0.842. The molecule has 0 saturated heterocycles. The summed E-state index contributed by atoms with van der Waals surface area (Å²) in [5.41, 5.74) is 19.6. The van der Waals surface area contributed by atoms with Gasteiger partial charge in [0.05, 0.1) is 40.7 Å². The van der Waals surface area contributed by atoms with Crippen LogP contribution in [-0.2, 0) is 79.3 Å². The first-order valence-corrected chi connectivity index (χ1v) is 49.3. The first-order valence-electron chi connectivity index (χ1n) is 39.4. The van der Waals surface area contributed by atoms with Gasteiger partial charge in [0.15, 0.2) is 6.29 Å². The van der Waals surface area contributed by atoms with Crippen molar-refractivity contribution >= 4 is 152 Å². The highest BCUT2D eigenvalue weighted by atomic mass is 127. The number of nitrogens with two attached hydrogens (primary N) is 1. The van der Waals surface area contributed by atoms with Crippen LogP contribution in [0.1, 0.15) is 61.2 Å². The highest BCUT2D eigenvalue weighted by Crippen LogP contribution is 2.26. The Hall–Kier alpha value is -15.3. The van der Waals surface area contributed by atoms with Gasteiger partial charge >= 0.3 is 17.8 Å². The highest BCUT2D eigenvalue weighted by molar-refractivity contribution is 14.1. The fourth-order valence-corrected chi connectivity index (χ4v) is 17.4. The molecule has 13 N–H and O–H groups in total. The van der Waals surface area contributed by atoms with E-state index in [1.807, 2.05) is 59.6 Å². The van der Waals surface area contributed by atoms with Crippen LogP contribution < -0.4 is 44.9 Å². The molecule has 0 unspecified atom stereocenters. The van der Waals surface area contributed by atoms with Gasteiger partial charge in [0.25, 0.3) is 60.1 Å². The Labute approximate surface area is 792 Å².